The minimum Gasteiger partial charge on any atom is -0.508 e. The Hall–Kier alpha value is -3.67. The van der Waals surface area contributed by atoms with E-state index in [1.807, 2.05) is 48.7 Å². The molecule has 2 aromatic heterocycles. The molecule has 2 aromatic carbocycles. The maximum Gasteiger partial charge on any atom is 0.174 e. The summed E-state index contributed by atoms with van der Waals surface area (Å²) in [6.07, 6.45) is 2.80. The van der Waals surface area contributed by atoms with Crippen molar-refractivity contribution >= 4 is 16.7 Å². The van der Waals surface area contributed by atoms with Gasteiger partial charge in [0, 0.05) is 23.0 Å². The normalized spacial score (nSPS) is 12.0. The predicted molar refractivity (Wildman–Crippen MR) is 106 cm³/mol. The Morgan fingerprint density at radius 2 is 1.78 bits per heavy atom. The number of para-hydroxylation sites is 1. The molecule has 0 aliphatic rings. The number of benzene rings is 2. The van der Waals surface area contributed by atoms with E-state index in [9.17, 15) is 10.3 Å². The minimum atomic E-state index is 0.0504. The number of amidine groups is 1. The van der Waals surface area contributed by atoms with Crippen molar-refractivity contribution in [1.82, 2.24) is 9.13 Å². The van der Waals surface area contributed by atoms with Crippen molar-refractivity contribution in [3.8, 4) is 17.3 Å². The summed E-state index contributed by atoms with van der Waals surface area (Å²) in [4.78, 5) is 0. The van der Waals surface area contributed by atoms with E-state index in [1.165, 1.54) is 0 Å². The molecule has 0 spiro atoms. The third-order valence-corrected chi connectivity index (χ3v) is 4.75. The van der Waals surface area contributed by atoms with Gasteiger partial charge in [-0.2, -0.15) is 0 Å². The zero-order chi connectivity index (χ0) is 19.0. The van der Waals surface area contributed by atoms with Crippen LogP contribution in [-0.4, -0.2) is 25.3 Å². The van der Waals surface area contributed by atoms with Crippen LogP contribution >= 0.6 is 0 Å². The number of hydrogen-bond acceptors (Lipinski definition) is 3. The van der Waals surface area contributed by atoms with Crippen LogP contribution in [-0.2, 0) is 6.42 Å². The van der Waals surface area contributed by atoms with Crippen LogP contribution in [0.4, 0.5) is 0 Å². The largest absolute Gasteiger partial charge is 0.508 e. The average Bonchev–Trinajstić information content (AvgIpc) is 3.29. The second-order valence-electron chi connectivity index (χ2n) is 6.28. The van der Waals surface area contributed by atoms with Gasteiger partial charge in [0.05, 0.1) is 11.1 Å². The van der Waals surface area contributed by atoms with E-state index >= 15 is 0 Å². The van der Waals surface area contributed by atoms with Gasteiger partial charge in [0.2, 0.25) is 0 Å². The van der Waals surface area contributed by atoms with E-state index in [-0.39, 0.29) is 11.6 Å². The fraction of sp³-hybridized carbons (Fsp3) is 0.0952. The summed E-state index contributed by atoms with van der Waals surface area (Å²) in [5, 5.41) is 23.3. The minimum absolute atomic E-state index is 0.0504. The number of oxime groups is 1. The number of aromatic nitrogens is 2. The van der Waals surface area contributed by atoms with Gasteiger partial charge in [-0.25, -0.2) is 0 Å². The Morgan fingerprint density at radius 3 is 2.48 bits per heavy atom. The molecule has 136 valence electrons. The van der Waals surface area contributed by atoms with Crippen molar-refractivity contribution in [3.05, 3.63) is 78.1 Å². The number of phenols is 1. The topological polar surface area (TPSA) is 88.7 Å². The molecule has 0 radical (unpaired) electrons. The van der Waals surface area contributed by atoms with E-state index in [4.69, 9.17) is 5.73 Å². The Kier molecular flexibility index (Phi) is 4.08. The SMILES string of the molecule is CCc1cccn1-c1c(C(N)=NO)c2ccccc2n1-c1ccc(O)cc1. The lowest BCUT2D eigenvalue weighted by atomic mass is 10.1. The van der Waals surface area contributed by atoms with Crippen LogP contribution in [0.3, 0.4) is 0 Å². The number of hydrogen-bond donors (Lipinski definition) is 3. The van der Waals surface area contributed by atoms with Crippen molar-refractivity contribution in [2.45, 2.75) is 13.3 Å². The molecule has 0 atom stereocenters. The highest BCUT2D eigenvalue weighted by Gasteiger charge is 2.23. The monoisotopic (exact) mass is 360 g/mol. The second kappa shape index (κ2) is 6.57. The van der Waals surface area contributed by atoms with Gasteiger partial charge in [0.15, 0.2) is 5.84 Å². The highest BCUT2D eigenvalue weighted by Crippen LogP contribution is 2.33. The standard InChI is InChI=1S/C21H20N4O2/c1-2-14-6-5-13-24(14)21-19(20(22)23-27)17-7-3-4-8-18(17)25(21)15-9-11-16(26)12-10-15/h3-13,26-27H,2H2,1H3,(H2,22,23). The Labute approximate surface area is 156 Å². The first-order chi connectivity index (χ1) is 13.2. The molecule has 0 saturated carbocycles. The van der Waals surface area contributed by atoms with E-state index in [1.54, 1.807) is 12.1 Å². The third kappa shape index (κ3) is 2.62. The lowest BCUT2D eigenvalue weighted by Crippen LogP contribution is -2.17. The van der Waals surface area contributed by atoms with Crippen LogP contribution in [0.25, 0.3) is 22.4 Å². The highest BCUT2D eigenvalue weighted by molar-refractivity contribution is 6.12. The van der Waals surface area contributed by atoms with Gasteiger partial charge in [0.1, 0.15) is 11.6 Å². The summed E-state index contributed by atoms with van der Waals surface area (Å²) in [7, 11) is 0. The zero-order valence-corrected chi connectivity index (χ0v) is 14.9. The molecule has 0 aliphatic carbocycles. The number of nitrogens with zero attached hydrogens (tertiary/aromatic N) is 3. The van der Waals surface area contributed by atoms with Gasteiger partial charge in [-0.05, 0) is 48.9 Å². The summed E-state index contributed by atoms with van der Waals surface area (Å²) in [5.74, 6) is 1.04. The fourth-order valence-corrected chi connectivity index (χ4v) is 3.53. The number of fused-ring (bicyclic) bond motifs is 1. The van der Waals surface area contributed by atoms with Crippen molar-refractivity contribution in [2.24, 2.45) is 10.9 Å². The molecular formula is C21H20N4O2. The predicted octanol–water partition coefficient (Wildman–Crippen LogP) is 3.78. The van der Waals surface area contributed by atoms with E-state index in [0.29, 0.717) is 5.56 Å². The molecule has 0 fully saturated rings. The van der Waals surface area contributed by atoms with Gasteiger partial charge in [-0.1, -0.05) is 30.3 Å². The summed E-state index contributed by atoms with van der Waals surface area (Å²) < 4.78 is 4.11. The van der Waals surface area contributed by atoms with Crippen molar-refractivity contribution in [2.75, 3.05) is 0 Å². The number of rotatable bonds is 4. The fourth-order valence-electron chi connectivity index (χ4n) is 3.53. The van der Waals surface area contributed by atoms with Crippen molar-refractivity contribution in [3.63, 3.8) is 0 Å². The third-order valence-electron chi connectivity index (χ3n) is 4.75. The molecule has 4 aromatic rings. The molecule has 2 heterocycles. The van der Waals surface area contributed by atoms with Crippen molar-refractivity contribution in [1.29, 1.82) is 0 Å². The van der Waals surface area contributed by atoms with E-state index in [0.717, 1.165) is 34.5 Å². The van der Waals surface area contributed by atoms with Gasteiger partial charge in [-0.3, -0.25) is 4.57 Å². The number of nitrogens with two attached hydrogens (primary N) is 1. The lowest BCUT2D eigenvalue weighted by molar-refractivity contribution is 0.318. The summed E-state index contributed by atoms with van der Waals surface area (Å²) >= 11 is 0. The van der Waals surface area contributed by atoms with Crippen LogP contribution in [0, 0.1) is 0 Å². The first kappa shape index (κ1) is 16.8. The number of aryl methyl sites for hydroxylation is 1. The van der Waals surface area contributed by atoms with Crippen LogP contribution in [0.1, 0.15) is 18.2 Å². The van der Waals surface area contributed by atoms with Gasteiger partial charge in [-0.15, -0.1) is 0 Å². The van der Waals surface area contributed by atoms with Crippen LogP contribution in [0.2, 0.25) is 0 Å². The average molecular weight is 360 g/mol. The molecule has 0 amide bonds. The highest BCUT2D eigenvalue weighted by atomic mass is 16.4. The van der Waals surface area contributed by atoms with Crippen LogP contribution in [0.15, 0.2) is 72.0 Å². The molecule has 6 nitrogen and oxygen atoms in total. The molecule has 4 rings (SSSR count). The van der Waals surface area contributed by atoms with E-state index < -0.39 is 0 Å². The maximum absolute atomic E-state index is 9.70. The Balaban J connectivity index is 2.18. The van der Waals surface area contributed by atoms with Gasteiger partial charge >= 0.3 is 0 Å². The summed E-state index contributed by atoms with van der Waals surface area (Å²) in [5.41, 5.74) is 9.66. The Morgan fingerprint density at radius 1 is 1.04 bits per heavy atom. The molecule has 27 heavy (non-hydrogen) atoms. The molecule has 6 heteroatoms. The van der Waals surface area contributed by atoms with Crippen LogP contribution in [0.5, 0.6) is 5.75 Å². The number of phenolic OH excluding ortho intramolecular Hbond substituents is 1. The summed E-state index contributed by atoms with van der Waals surface area (Å²) in [6, 6.07) is 18.8. The first-order valence-electron chi connectivity index (χ1n) is 8.73. The van der Waals surface area contributed by atoms with Crippen LogP contribution < -0.4 is 5.73 Å². The molecule has 0 bridgehead atoms. The quantitative estimate of drug-likeness (QED) is 0.224. The smallest absolute Gasteiger partial charge is 0.174 e. The summed E-state index contributed by atoms with van der Waals surface area (Å²) in [6.45, 7) is 2.09. The maximum atomic E-state index is 9.70. The Bertz CT molecular complexity index is 1140. The van der Waals surface area contributed by atoms with E-state index in [2.05, 4.69) is 27.3 Å². The lowest BCUT2D eigenvalue weighted by Gasteiger charge is -2.16. The molecule has 4 N–H and O–H groups in total. The molecule has 0 unspecified atom stereocenters. The van der Waals surface area contributed by atoms with Gasteiger partial charge in [0.25, 0.3) is 0 Å². The molecule has 0 aliphatic heterocycles. The molecule has 0 saturated heterocycles. The first-order valence-corrected chi connectivity index (χ1v) is 8.73. The molecular weight excluding hydrogens is 340 g/mol. The zero-order valence-electron chi connectivity index (χ0n) is 14.9. The van der Waals surface area contributed by atoms with Crippen molar-refractivity contribution < 1.29 is 10.3 Å². The van der Waals surface area contributed by atoms with Gasteiger partial charge < -0.3 is 20.6 Å². The number of aromatic hydroxyl groups is 1. The second-order valence-corrected chi connectivity index (χ2v) is 6.28.